The summed E-state index contributed by atoms with van der Waals surface area (Å²) in [4.78, 5) is 0. The van der Waals surface area contributed by atoms with Gasteiger partial charge in [-0.2, -0.15) is 0 Å². The molecule has 0 unspecified atom stereocenters. The molecule has 12 aromatic carbocycles. The lowest BCUT2D eigenvalue weighted by Crippen LogP contribution is -1.91. The summed E-state index contributed by atoms with van der Waals surface area (Å²) in [6, 6.07) is 82.5. The van der Waals surface area contributed by atoms with Crippen molar-refractivity contribution in [1.29, 1.82) is 0 Å². The van der Waals surface area contributed by atoms with Gasteiger partial charge in [0.15, 0.2) is 0 Å². The van der Waals surface area contributed by atoms with Crippen LogP contribution in [0.5, 0.6) is 0 Å². The summed E-state index contributed by atoms with van der Waals surface area (Å²) in [5.41, 5.74) is 13.8. The third-order valence-corrected chi connectivity index (χ3v) is 13.1. The fourth-order valence-electron chi connectivity index (χ4n) is 10.4. The monoisotopic (exact) mass is 1220 g/mol. The Balaban J connectivity index is -0.00000101. The Morgan fingerprint density at radius 1 is 0.176 bits per heavy atom. The van der Waals surface area contributed by atoms with E-state index in [4.69, 9.17) is 0 Å². The molecule has 0 spiro atoms. The first-order chi connectivity index (χ1) is 45.3. The zero-order valence-electron chi connectivity index (χ0n) is 62.8. The molecule has 3 aliphatic carbocycles. The fourth-order valence-corrected chi connectivity index (χ4v) is 10.4. The summed E-state index contributed by atoms with van der Waals surface area (Å²) in [5, 5.41) is 16.3. The molecule has 0 saturated heterocycles. The van der Waals surface area contributed by atoms with E-state index < -0.39 is 0 Å². The number of allylic oxidation sites excluding steroid dienone is 1. The van der Waals surface area contributed by atoms with Gasteiger partial charge in [0.1, 0.15) is 0 Å². The average molecular weight is 1220 g/mol. The van der Waals surface area contributed by atoms with Gasteiger partial charge in [0.25, 0.3) is 0 Å². The number of rotatable bonds is 0. The highest BCUT2D eigenvalue weighted by atomic mass is 14.2. The van der Waals surface area contributed by atoms with Crippen molar-refractivity contribution in [2.45, 2.75) is 200 Å². The normalized spacial score (nSPS) is 9.23. The highest BCUT2D eigenvalue weighted by Gasteiger charge is 2.21. The maximum Gasteiger partial charge on any atom is -0.00264 e. The average Bonchev–Trinajstić information content (AvgIpc) is 2.01. The lowest BCUT2D eigenvalue weighted by atomic mass is 9.93. The van der Waals surface area contributed by atoms with Crippen molar-refractivity contribution in [3.63, 3.8) is 0 Å². The van der Waals surface area contributed by atoms with E-state index in [9.17, 15) is 0 Å². The quantitative estimate of drug-likeness (QED) is 0.133. The van der Waals surface area contributed by atoms with Gasteiger partial charge in [0.2, 0.25) is 0 Å². The summed E-state index contributed by atoms with van der Waals surface area (Å²) in [7, 11) is 0. The number of hydrogen-bond donors (Lipinski definition) is 0. The van der Waals surface area contributed by atoms with E-state index in [1.165, 1.54) is 120 Å². The molecule has 91 heavy (non-hydrogen) atoms. The van der Waals surface area contributed by atoms with E-state index >= 15 is 0 Å². The first-order valence-electron chi connectivity index (χ1n) is 36.0. The minimum Gasteiger partial charge on any atom is -0.0795 e. The van der Waals surface area contributed by atoms with Crippen LogP contribution in [-0.2, 0) is 6.42 Å². The largest absolute Gasteiger partial charge is 0.0795 e. The second kappa shape index (κ2) is 54.8. The van der Waals surface area contributed by atoms with Gasteiger partial charge in [0, 0.05) is 0 Å². The molecule has 490 valence electrons. The predicted octanol–water partition coefficient (Wildman–Crippen LogP) is 31.9. The van der Waals surface area contributed by atoms with E-state index in [0.717, 1.165) is 6.42 Å². The van der Waals surface area contributed by atoms with Crippen molar-refractivity contribution in [3.8, 4) is 44.5 Å². The van der Waals surface area contributed by atoms with E-state index in [2.05, 4.69) is 243 Å². The Bertz CT molecular complexity index is 3300. The van der Waals surface area contributed by atoms with Crippen LogP contribution in [0, 0.1) is 0 Å². The minimum absolute atomic E-state index is 1.08. The molecule has 0 aliphatic heterocycles. The molecule has 0 radical (unpaired) electrons. The number of fused-ring (bicyclic) bond motifs is 12. The Morgan fingerprint density at radius 2 is 0.374 bits per heavy atom. The van der Waals surface area contributed by atoms with Crippen molar-refractivity contribution in [2.75, 3.05) is 0 Å². The molecule has 0 amide bonds. The second-order valence-corrected chi connectivity index (χ2v) is 16.6. The highest BCUT2D eigenvalue weighted by molar-refractivity contribution is 6.25. The van der Waals surface area contributed by atoms with Crippen LogP contribution in [0.1, 0.15) is 205 Å². The van der Waals surface area contributed by atoms with Crippen molar-refractivity contribution in [2.24, 2.45) is 0 Å². The molecule has 15 rings (SSSR count). The molecule has 3 aliphatic rings. The van der Waals surface area contributed by atoms with Crippen molar-refractivity contribution in [3.05, 3.63) is 248 Å². The van der Waals surface area contributed by atoms with Crippen LogP contribution >= 0.6 is 0 Å². The lowest BCUT2D eigenvalue weighted by Gasteiger charge is -2.11. The topological polar surface area (TPSA) is 0 Å². The molecule has 0 heterocycles. The Labute approximate surface area is 560 Å². The van der Waals surface area contributed by atoms with Crippen molar-refractivity contribution in [1.82, 2.24) is 0 Å². The molecule has 0 nitrogen and oxygen atoms in total. The predicted molar refractivity (Wildman–Crippen MR) is 431 cm³/mol. The molecule has 0 N–H and O–H groups in total. The van der Waals surface area contributed by atoms with E-state index in [1.807, 2.05) is 194 Å². The SMILES string of the molecule is C1=Cc2cccc3cccc(c23)C1.CC.CC.CC.CC.CC.CC.CC.CC.CC.CC.CC.CC.CC.CC.c1ccc2c(c1)-c1cccc3cccc-2c13.c1ccc2c(c1)-c1cccc3cccc-2c13.c1ccc2c(c1)c1ccccc1c1ccccc21. The fraction of sp³-hybridized carbons (Fsp3) is 0.319. The number of hydrogen-bond acceptors (Lipinski definition) is 0. The van der Waals surface area contributed by atoms with Crippen LogP contribution in [0.4, 0.5) is 0 Å². The van der Waals surface area contributed by atoms with Crippen molar-refractivity contribution < 1.29 is 0 Å². The summed E-state index contributed by atoms with van der Waals surface area (Å²) in [6.45, 7) is 56.0. The Hall–Kier alpha value is -8.06. The van der Waals surface area contributed by atoms with Crippen LogP contribution in [0.25, 0.3) is 115 Å². The van der Waals surface area contributed by atoms with Crippen molar-refractivity contribution >= 4 is 70.7 Å². The van der Waals surface area contributed by atoms with E-state index in [-0.39, 0.29) is 0 Å². The van der Waals surface area contributed by atoms with Gasteiger partial charge in [-0.15, -0.1) is 0 Å². The van der Waals surface area contributed by atoms with Gasteiger partial charge >= 0.3 is 0 Å². The molecule has 0 saturated carbocycles. The van der Waals surface area contributed by atoms with Gasteiger partial charge in [-0.05, 0) is 127 Å². The van der Waals surface area contributed by atoms with Gasteiger partial charge in [0.05, 0.1) is 0 Å². The second-order valence-electron chi connectivity index (χ2n) is 16.6. The zero-order chi connectivity index (χ0) is 69.7. The third-order valence-electron chi connectivity index (χ3n) is 13.1. The van der Waals surface area contributed by atoms with Gasteiger partial charge in [-0.3, -0.25) is 0 Å². The third kappa shape index (κ3) is 22.4. The molecule has 12 aromatic rings. The highest BCUT2D eigenvalue weighted by Crippen LogP contribution is 2.48. The first-order valence-corrected chi connectivity index (χ1v) is 36.0. The molecule has 0 fully saturated rings. The van der Waals surface area contributed by atoms with E-state index in [1.54, 1.807) is 0 Å². The van der Waals surface area contributed by atoms with Crippen LogP contribution < -0.4 is 0 Å². The van der Waals surface area contributed by atoms with Gasteiger partial charge < -0.3 is 0 Å². The molecule has 0 heteroatoms. The molecule has 0 bridgehead atoms. The summed E-state index contributed by atoms with van der Waals surface area (Å²) in [6.07, 6.45) is 5.53. The Morgan fingerprint density at radius 3 is 0.626 bits per heavy atom. The van der Waals surface area contributed by atoms with Gasteiger partial charge in [-0.1, -0.05) is 437 Å². The standard InChI is InChI=1S/C18H12.2C16H10.C13H10.14C2H6/c1-2-8-14-13(7-1)15-9-3-4-11-17(15)18-12-6-5-10-16(14)18;2*1-2-8-13-12(7-1)14-9-3-5-11-6-4-10-15(13)16(11)14;1-4-10-6-2-8-12-9-3-7-11(5-1)13(10)12;14*1-2/h1-12H;2*1-10H;1-8H,9H2;14*1-2H3. The maximum absolute atomic E-state index is 2.23. The van der Waals surface area contributed by atoms with Crippen LogP contribution in [0.2, 0.25) is 0 Å². The summed E-state index contributed by atoms with van der Waals surface area (Å²) >= 11 is 0. The lowest BCUT2D eigenvalue weighted by molar-refractivity contribution is 1.29. The molecule has 0 atom stereocenters. The summed E-state index contributed by atoms with van der Waals surface area (Å²) < 4.78 is 0. The maximum atomic E-state index is 2.23. The smallest absolute Gasteiger partial charge is 0.00264 e. The first kappa shape index (κ1) is 87.1. The zero-order valence-corrected chi connectivity index (χ0v) is 62.8. The Kier molecular flexibility index (Phi) is 52.5. The summed E-state index contributed by atoms with van der Waals surface area (Å²) in [5.74, 6) is 0. The van der Waals surface area contributed by atoms with Crippen LogP contribution in [0.3, 0.4) is 0 Å². The van der Waals surface area contributed by atoms with Crippen LogP contribution in [0.15, 0.2) is 237 Å². The van der Waals surface area contributed by atoms with Gasteiger partial charge in [-0.25, -0.2) is 0 Å². The van der Waals surface area contributed by atoms with Crippen LogP contribution in [-0.4, -0.2) is 0 Å². The van der Waals surface area contributed by atoms with E-state index in [0.29, 0.717) is 0 Å². The molecular weight excluding hydrogens is 1090 g/mol. The molecule has 0 aromatic heterocycles. The molecular formula is C91H126. The number of benzene rings is 12. The minimum atomic E-state index is 1.08.